The molecule has 0 spiro atoms. The first kappa shape index (κ1) is 22.9. The predicted molar refractivity (Wildman–Crippen MR) is 129 cm³/mol. The number of aryl methyl sites for hydroxylation is 2. The van der Waals surface area contributed by atoms with Gasteiger partial charge in [-0.05, 0) is 54.3 Å². The third-order valence-corrected chi connectivity index (χ3v) is 8.74. The van der Waals surface area contributed by atoms with Gasteiger partial charge in [0.05, 0.1) is 25.4 Å². The number of thioether (sulfide) groups is 2. The highest BCUT2D eigenvalue weighted by atomic mass is 32.2. The number of anilines is 2. The minimum absolute atomic E-state index is 0.0412. The molecule has 3 aromatic rings. The molecular weight excluding hydrogens is 513 g/mol. The second-order valence-electron chi connectivity index (χ2n) is 8.39. The van der Waals surface area contributed by atoms with Crippen molar-refractivity contribution in [2.45, 2.75) is 28.8 Å². The van der Waals surface area contributed by atoms with Crippen molar-refractivity contribution in [2.24, 2.45) is 0 Å². The Hall–Kier alpha value is -3.57. The Bertz CT molecular complexity index is 1450. The fourth-order valence-corrected chi connectivity index (χ4v) is 7.03. The molecule has 0 atom stereocenters. The van der Waals surface area contributed by atoms with Gasteiger partial charge in [-0.3, -0.25) is 9.59 Å². The van der Waals surface area contributed by atoms with Crippen LogP contribution >= 0.6 is 23.5 Å². The summed E-state index contributed by atoms with van der Waals surface area (Å²) in [5.74, 6) is -3.05. The van der Waals surface area contributed by atoms with Gasteiger partial charge < -0.3 is 10.2 Å². The van der Waals surface area contributed by atoms with E-state index in [9.17, 15) is 33.0 Å². The summed E-state index contributed by atoms with van der Waals surface area (Å²) in [6, 6.07) is 15.0. The van der Waals surface area contributed by atoms with Gasteiger partial charge in [-0.1, -0.05) is 47.8 Å². The Morgan fingerprint density at radius 3 is 1.83 bits per heavy atom. The SMILES string of the molecule is O=C1C(=C2Sc3c(O)cc(C(F)(F)F)c(O)c3S2)C(=O)N2c3cccc(c3)CCc3cccc(c3)N12. The van der Waals surface area contributed by atoms with Crippen molar-refractivity contribution >= 4 is 46.7 Å². The van der Waals surface area contributed by atoms with Crippen LogP contribution in [-0.4, -0.2) is 22.0 Å². The molecule has 11 heteroatoms. The highest BCUT2D eigenvalue weighted by Crippen LogP contribution is 2.61. The van der Waals surface area contributed by atoms with Gasteiger partial charge >= 0.3 is 6.18 Å². The van der Waals surface area contributed by atoms with Crippen LogP contribution in [0, 0.1) is 0 Å². The van der Waals surface area contributed by atoms with E-state index in [1.807, 2.05) is 24.3 Å². The Kier molecular flexibility index (Phi) is 5.06. The van der Waals surface area contributed by atoms with Crippen LogP contribution < -0.4 is 10.0 Å². The maximum Gasteiger partial charge on any atom is 0.420 e. The second-order valence-corrected chi connectivity index (χ2v) is 10.7. The lowest BCUT2D eigenvalue weighted by molar-refractivity contribution is -0.139. The Morgan fingerprint density at radius 2 is 1.31 bits per heavy atom. The van der Waals surface area contributed by atoms with Crippen LogP contribution in [0.2, 0.25) is 0 Å². The molecule has 0 aliphatic carbocycles. The van der Waals surface area contributed by atoms with Crippen molar-refractivity contribution < 1.29 is 33.0 Å². The molecule has 0 saturated carbocycles. The fourth-order valence-electron chi connectivity index (χ4n) is 4.44. The number of benzene rings is 3. The Morgan fingerprint density at radius 1 is 0.778 bits per heavy atom. The molecule has 4 bridgehead atoms. The summed E-state index contributed by atoms with van der Waals surface area (Å²) in [4.78, 5) is 27.2. The Balaban J connectivity index is 1.51. The molecule has 1 fully saturated rings. The number of alkyl halides is 3. The third-order valence-electron chi connectivity index (χ3n) is 6.11. The van der Waals surface area contributed by atoms with Crippen LogP contribution in [0.25, 0.3) is 0 Å². The monoisotopic (exact) mass is 528 g/mol. The number of phenols is 2. The van der Waals surface area contributed by atoms with Gasteiger partial charge in [-0.15, -0.1) is 0 Å². The average Bonchev–Trinajstić information content (AvgIpc) is 3.38. The quantitative estimate of drug-likeness (QED) is 0.224. The lowest BCUT2D eigenvalue weighted by Gasteiger charge is -2.28. The minimum Gasteiger partial charge on any atom is -0.507 e. The molecule has 6 nitrogen and oxygen atoms in total. The number of carbonyl (C=O) groups is 2. The summed E-state index contributed by atoms with van der Waals surface area (Å²) in [6.45, 7) is 0. The predicted octanol–water partition coefficient (Wildman–Crippen LogP) is 5.62. The molecule has 0 aromatic heterocycles. The maximum absolute atomic E-state index is 13.7. The van der Waals surface area contributed by atoms with Crippen LogP contribution in [0.15, 0.2) is 74.2 Å². The Labute approximate surface area is 211 Å². The van der Waals surface area contributed by atoms with Gasteiger partial charge in [0.25, 0.3) is 11.8 Å². The average molecular weight is 529 g/mol. The highest BCUT2D eigenvalue weighted by molar-refractivity contribution is 8.25. The van der Waals surface area contributed by atoms with E-state index in [0.717, 1.165) is 35.7 Å². The molecule has 36 heavy (non-hydrogen) atoms. The normalized spacial score (nSPS) is 17.0. The topological polar surface area (TPSA) is 81.1 Å². The van der Waals surface area contributed by atoms with Gasteiger partial charge in [0.2, 0.25) is 0 Å². The molecule has 1 saturated heterocycles. The van der Waals surface area contributed by atoms with Crippen molar-refractivity contribution in [1.82, 2.24) is 0 Å². The standard InChI is InChI=1S/C25H15F3N2O4S2/c26-25(27,28)16-11-17(31)20-21(19(16)32)36-24(35-20)18-22(33)29-14-5-1-3-12(9-14)7-8-13-4-2-6-15(10-13)30(29)23(18)34/h1-6,9-11,31-32H,7-8H2. The number of fused-ring (bicyclic) bond motifs is 8. The van der Waals surface area contributed by atoms with Gasteiger partial charge in [-0.2, -0.15) is 13.2 Å². The number of hydrogen-bond acceptors (Lipinski definition) is 6. The molecule has 3 aliphatic heterocycles. The smallest absolute Gasteiger partial charge is 0.420 e. The summed E-state index contributed by atoms with van der Waals surface area (Å²) in [7, 11) is 0. The molecular formula is C25H15F3N2O4S2. The summed E-state index contributed by atoms with van der Waals surface area (Å²) < 4.78 is 40.1. The molecule has 6 rings (SSSR count). The van der Waals surface area contributed by atoms with E-state index >= 15 is 0 Å². The number of nitrogens with zero attached hydrogens (tertiary/aromatic N) is 2. The van der Waals surface area contributed by atoms with Crippen molar-refractivity contribution in [3.05, 3.63) is 81.1 Å². The van der Waals surface area contributed by atoms with Crippen molar-refractivity contribution in [3.63, 3.8) is 0 Å². The first-order valence-electron chi connectivity index (χ1n) is 10.8. The van der Waals surface area contributed by atoms with E-state index in [-0.39, 0.29) is 19.6 Å². The van der Waals surface area contributed by atoms with E-state index < -0.39 is 35.1 Å². The van der Waals surface area contributed by atoms with Crippen LogP contribution in [0.4, 0.5) is 24.5 Å². The van der Waals surface area contributed by atoms with Crippen LogP contribution in [0.1, 0.15) is 16.7 Å². The molecule has 0 radical (unpaired) electrons. The van der Waals surface area contributed by atoms with Crippen molar-refractivity contribution in [3.8, 4) is 11.5 Å². The fraction of sp³-hybridized carbons (Fsp3) is 0.120. The highest BCUT2D eigenvalue weighted by Gasteiger charge is 2.47. The van der Waals surface area contributed by atoms with E-state index in [2.05, 4.69) is 0 Å². The lowest BCUT2D eigenvalue weighted by Crippen LogP contribution is -2.41. The van der Waals surface area contributed by atoms with Crippen LogP contribution in [0.5, 0.6) is 11.5 Å². The van der Waals surface area contributed by atoms with Gasteiger partial charge in [0, 0.05) is 0 Å². The first-order chi connectivity index (χ1) is 17.1. The van der Waals surface area contributed by atoms with Gasteiger partial charge in [0.1, 0.15) is 22.6 Å². The molecule has 2 amide bonds. The number of halogens is 3. The number of amides is 2. The minimum atomic E-state index is -4.90. The number of carbonyl (C=O) groups excluding carboxylic acids is 2. The third kappa shape index (κ3) is 3.45. The second kappa shape index (κ2) is 7.97. The summed E-state index contributed by atoms with van der Waals surface area (Å²) in [5, 5.41) is 23.1. The maximum atomic E-state index is 13.7. The van der Waals surface area contributed by atoms with E-state index in [0.29, 0.717) is 29.2 Å². The van der Waals surface area contributed by atoms with Crippen LogP contribution in [-0.2, 0) is 28.6 Å². The zero-order valence-electron chi connectivity index (χ0n) is 18.2. The van der Waals surface area contributed by atoms with Crippen molar-refractivity contribution in [1.29, 1.82) is 0 Å². The number of hydrogen-bond donors (Lipinski definition) is 2. The van der Waals surface area contributed by atoms with Crippen LogP contribution in [0.3, 0.4) is 0 Å². The summed E-state index contributed by atoms with van der Waals surface area (Å²) >= 11 is 1.45. The lowest BCUT2D eigenvalue weighted by atomic mass is 10.0. The molecule has 182 valence electrons. The number of phenolic OH excluding ortho intramolecular Hbond substituents is 2. The van der Waals surface area contributed by atoms with Gasteiger partial charge in [-0.25, -0.2) is 10.0 Å². The largest absolute Gasteiger partial charge is 0.507 e. The van der Waals surface area contributed by atoms with E-state index in [1.165, 1.54) is 10.0 Å². The van der Waals surface area contributed by atoms with E-state index in [4.69, 9.17) is 0 Å². The van der Waals surface area contributed by atoms with E-state index in [1.54, 1.807) is 24.3 Å². The molecule has 0 unspecified atom stereocenters. The molecule has 3 aliphatic rings. The summed E-state index contributed by atoms with van der Waals surface area (Å²) in [6.07, 6.45) is -3.42. The molecule has 3 heterocycles. The molecule has 2 N–H and O–H groups in total. The number of aromatic hydroxyl groups is 2. The zero-order valence-corrected chi connectivity index (χ0v) is 19.8. The number of rotatable bonds is 0. The van der Waals surface area contributed by atoms with Crippen molar-refractivity contribution in [2.75, 3.05) is 10.0 Å². The zero-order chi connectivity index (χ0) is 25.4. The number of hydrazine groups is 1. The van der Waals surface area contributed by atoms with Gasteiger partial charge in [0.15, 0.2) is 0 Å². The first-order valence-corrected chi connectivity index (χ1v) is 12.4. The molecule has 3 aromatic carbocycles. The summed E-state index contributed by atoms with van der Waals surface area (Å²) in [5.41, 5.74) is 1.27.